The lowest BCUT2D eigenvalue weighted by Gasteiger charge is -2.08. The lowest BCUT2D eigenvalue weighted by atomic mass is 10.0. The molecular formula is C18H13ClN2O3. The van der Waals surface area contributed by atoms with Gasteiger partial charge in [-0.1, -0.05) is 54.1 Å². The molecule has 120 valence electrons. The van der Waals surface area contributed by atoms with E-state index in [-0.39, 0.29) is 28.7 Å². The first-order valence-electron chi connectivity index (χ1n) is 7.25. The Labute approximate surface area is 143 Å². The van der Waals surface area contributed by atoms with Crippen molar-refractivity contribution in [2.45, 2.75) is 6.42 Å². The molecule has 0 radical (unpaired) electrons. The van der Waals surface area contributed by atoms with Gasteiger partial charge in [-0.2, -0.15) is 0 Å². The first-order chi connectivity index (χ1) is 11.5. The van der Waals surface area contributed by atoms with Crippen molar-refractivity contribution in [2.24, 2.45) is 0 Å². The van der Waals surface area contributed by atoms with Crippen molar-refractivity contribution in [3.8, 4) is 0 Å². The molecule has 6 heteroatoms. The number of nitrogens with zero attached hydrogens (tertiary/aromatic N) is 1. The van der Waals surface area contributed by atoms with Gasteiger partial charge in [0, 0.05) is 11.1 Å². The summed E-state index contributed by atoms with van der Waals surface area (Å²) in [7, 11) is 0. The Balaban J connectivity index is 1.85. The highest BCUT2D eigenvalue weighted by molar-refractivity contribution is 6.31. The lowest BCUT2D eigenvalue weighted by molar-refractivity contribution is -0.383. The van der Waals surface area contributed by atoms with Crippen LogP contribution in [0.15, 0.2) is 60.7 Å². The molecule has 5 nitrogen and oxygen atoms in total. The Kier molecular flexibility index (Phi) is 4.44. The van der Waals surface area contributed by atoms with Crippen LogP contribution in [0.25, 0.3) is 10.8 Å². The summed E-state index contributed by atoms with van der Waals surface area (Å²) < 4.78 is 0. The van der Waals surface area contributed by atoms with Crippen LogP contribution in [-0.4, -0.2) is 10.8 Å². The minimum absolute atomic E-state index is 0.126. The summed E-state index contributed by atoms with van der Waals surface area (Å²) in [6.07, 6.45) is 0.126. The highest BCUT2D eigenvalue weighted by atomic mass is 35.5. The quantitative estimate of drug-likeness (QED) is 0.558. The number of nitro benzene ring substituents is 1. The maximum atomic E-state index is 12.3. The lowest BCUT2D eigenvalue weighted by Crippen LogP contribution is -2.15. The second-order valence-corrected chi connectivity index (χ2v) is 5.72. The monoisotopic (exact) mass is 340 g/mol. The summed E-state index contributed by atoms with van der Waals surface area (Å²) in [5.41, 5.74) is 0.769. The summed E-state index contributed by atoms with van der Waals surface area (Å²) >= 11 is 5.78. The van der Waals surface area contributed by atoms with E-state index in [4.69, 9.17) is 11.6 Å². The zero-order chi connectivity index (χ0) is 17.1. The number of hydrogen-bond donors (Lipinski definition) is 1. The van der Waals surface area contributed by atoms with Crippen molar-refractivity contribution >= 4 is 39.7 Å². The van der Waals surface area contributed by atoms with E-state index in [1.54, 1.807) is 0 Å². The number of carbonyl (C=O) groups excluding carboxylic acids is 1. The number of anilines is 1. The Morgan fingerprint density at radius 1 is 1.08 bits per heavy atom. The number of fused-ring (bicyclic) bond motifs is 1. The predicted octanol–water partition coefficient (Wildman–Crippen LogP) is 4.58. The third-order valence-electron chi connectivity index (χ3n) is 3.66. The van der Waals surface area contributed by atoms with Crippen molar-refractivity contribution < 1.29 is 9.72 Å². The van der Waals surface area contributed by atoms with Gasteiger partial charge in [0.1, 0.15) is 5.69 Å². The molecule has 24 heavy (non-hydrogen) atoms. The van der Waals surface area contributed by atoms with E-state index in [1.165, 1.54) is 18.2 Å². The normalized spacial score (nSPS) is 10.5. The van der Waals surface area contributed by atoms with Crippen molar-refractivity contribution in [3.63, 3.8) is 0 Å². The molecule has 0 aliphatic rings. The summed E-state index contributed by atoms with van der Waals surface area (Å²) in [6, 6.07) is 17.6. The van der Waals surface area contributed by atoms with Crippen LogP contribution < -0.4 is 5.32 Å². The van der Waals surface area contributed by atoms with Crippen LogP contribution in [0.1, 0.15) is 5.56 Å². The van der Waals surface area contributed by atoms with Crippen LogP contribution in [0, 0.1) is 10.1 Å². The van der Waals surface area contributed by atoms with Gasteiger partial charge in [0.2, 0.25) is 5.91 Å². The van der Waals surface area contributed by atoms with E-state index < -0.39 is 4.92 Å². The number of amides is 1. The van der Waals surface area contributed by atoms with Crippen LogP contribution in [-0.2, 0) is 11.2 Å². The number of benzene rings is 3. The zero-order valence-electron chi connectivity index (χ0n) is 12.5. The maximum Gasteiger partial charge on any atom is 0.294 e. The smallest absolute Gasteiger partial charge is 0.294 e. The summed E-state index contributed by atoms with van der Waals surface area (Å²) in [6.45, 7) is 0. The topological polar surface area (TPSA) is 72.2 Å². The Morgan fingerprint density at radius 3 is 2.62 bits per heavy atom. The van der Waals surface area contributed by atoms with Gasteiger partial charge >= 0.3 is 0 Å². The molecule has 0 saturated heterocycles. The Morgan fingerprint density at radius 2 is 1.83 bits per heavy atom. The predicted molar refractivity (Wildman–Crippen MR) is 94.4 cm³/mol. The molecule has 0 spiro atoms. The fourth-order valence-electron chi connectivity index (χ4n) is 2.58. The highest BCUT2D eigenvalue weighted by Gasteiger charge is 2.17. The first kappa shape index (κ1) is 16.0. The third kappa shape index (κ3) is 3.36. The van der Waals surface area contributed by atoms with Gasteiger partial charge in [0.05, 0.1) is 11.3 Å². The van der Waals surface area contributed by atoms with Gasteiger partial charge in [-0.15, -0.1) is 0 Å². The van der Waals surface area contributed by atoms with Crippen molar-refractivity contribution in [2.75, 3.05) is 5.32 Å². The minimum atomic E-state index is -0.570. The molecule has 3 rings (SSSR count). The van der Waals surface area contributed by atoms with E-state index in [0.717, 1.165) is 16.3 Å². The number of carbonyl (C=O) groups is 1. The molecule has 0 heterocycles. The molecule has 3 aromatic carbocycles. The van der Waals surface area contributed by atoms with E-state index in [9.17, 15) is 14.9 Å². The number of rotatable bonds is 4. The molecular weight excluding hydrogens is 328 g/mol. The fraction of sp³-hybridized carbons (Fsp3) is 0.0556. The molecule has 0 atom stereocenters. The third-order valence-corrected chi connectivity index (χ3v) is 3.90. The van der Waals surface area contributed by atoms with E-state index in [2.05, 4.69) is 5.32 Å². The Hall–Kier alpha value is -2.92. The molecule has 0 aliphatic heterocycles. The van der Waals surface area contributed by atoms with Crippen LogP contribution in [0.3, 0.4) is 0 Å². The van der Waals surface area contributed by atoms with Crippen LogP contribution >= 0.6 is 11.6 Å². The van der Waals surface area contributed by atoms with Gasteiger partial charge in [-0.25, -0.2) is 0 Å². The summed E-state index contributed by atoms with van der Waals surface area (Å²) in [5, 5.41) is 16.0. The van der Waals surface area contributed by atoms with E-state index >= 15 is 0 Å². The molecule has 0 saturated carbocycles. The van der Waals surface area contributed by atoms with Crippen molar-refractivity contribution in [3.05, 3.63) is 81.4 Å². The number of hydrogen-bond acceptors (Lipinski definition) is 3. The van der Waals surface area contributed by atoms with Crippen LogP contribution in [0.5, 0.6) is 0 Å². The number of nitro groups is 1. The summed E-state index contributed by atoms with van der Waals surface area (Å²) in [5.74, 6) is -0.322. The second-order valence-electron chi connectivity index (χ2n) is 5.28. The van der Waals surface area contributed by atoms with Crippen molar-refractivity contribution in [1.29, 1.82) is 0 Å². The van der Waals surface area contributed by atoms with Gasteiger partial charge in [-0.05, 0) is 28.5 Å². The molecule has 0 aromatic heterocycles. The standard InChI is InChI=1S/C18H13ClN2O3/c19-14-8-9-16(17(11-14)21(23)24)20-18(22)10-13-6-3-5-12-4-1-2-7-15(12)13/h1-9,11H,10H2,(H,20,22). The van der Waals surface area contributed by atoms with Gasteiger partial charge in [-0.3, -0.25) is 14.9 Å². The van der Waals surface area contributed by atoms with Gasteiger partial charge in [0.25, 0.3) is 5.69 Å². The average Bonchev–Trinajstić information content (AvgIpc) is 2.56. The average molecular weight is 341 g/mol. The molecule has 0 aliphatic carbocycles. The largest absolute Gasteiger partial charge is 0.320 e. The highest BCUT2D eigenvalue weighted by Crippen LogP contribution is 2.28. The molecule has 0 fully saturated rings. The fourth-order valence-corrected chi connectivity index (χ4v) is 2.74. The number of halogens is 1. The molecule has 1 N–H and O–H groups in total. The zero-order valence-corrected chi connectivity index (χ0v) is 13.3. The first-order valence-corrected chi connectivity index (χ1v) is 7.63. The van der Waals surface area contributed by atoms with E-state index in [0.29, 0.717) is 0 Å². The Bertz CT molecular complexity index is 935. The maximum absolute atomic E-state index is 12.3. The van der Waals surface area contributed by atoms with Crippen LogP contribution in [0.2, 0.25) is 5.02 Å². The summed E-state index contributed by atoms with van der Waals surface area (Å²) in [4.78, 5) is 22.8. The van der Waals surface area contributed by atoms with Crippen molar-refractivity contribution in [1.82, 2.24) is 0 Å². The minimum Gasteiger partial charge on any atom is -0.320 e. The number of nitrogens with one attached hydrogen (secondary N) is 1. The molecule has 3 aromatic rings. The second kappa shape index (κ2) is 6.68. The van der Waals surface area contributed by atoms with E-state index in [1.807, 2.05) is 42.5 Å². The van der Waals surface area contributed by atoms with Gasteiger partial charge < -0.3 is 5.32 Å². The SMILES string of the molecule is O=C(Cc1cccc2ccccc12)Nc1ccc(Cl)cc1[N+](=O)[O-]. The van der Waals surface area contributed by atoms with Crippen LogP contribution in [0.4, 0.5) is 11.4 Å². The molecule has 1 amide bonds. The molecule has 0 unspecified atom stereocenters. The molecule has 0 bridgehead atoms. The van der Waals surface area contributed by atoms with Gasteiger partial charge in [0.15, 0.2) is 0 Å².